The standard InChI is InChI=1S/C22H28N2O7S/c1-28-14-15-30-20-9-4-3-8-19(20)24-12-10-22(11-13-24,21(25)31-32(23,26)27)17-6-5-7-18(16-17)29-2/h3-9,16H,10-15H2,1-2H3,(H2,23,26,27). The van der Waals surface area contributed by atoms with Gasteiger partial charge in [-0.3, -0.25) is 0 Å². The van der Waals surface area contributed by atoms with Crippen LogP contribution in [-0.2, 0) is 29.4 Å². The number of benzene rings is 2. The monoisotopic (exact) mass is 464 g/mol. The molecule has 1 aliphatic heterocycles. The number of anilines is 1. The molecule has 0 atom stereocenters. The largest absolute Gasteiger partial charge is 0.497 e. The number of piperidine rings is 1. The highest BCUT2D eigenvalue weighted by atomic mass is 32.2. The molecule has 1 heterocycles. The first-order chi connectivity index (χ1) is 15.3. The summed E-state index contributed by atoms with van der Waals surface area (Å²) in [5.74, 6) is 0.382. The minimum atomic E-state index is -4.45. The molecule has 0 amide bonds. The van der Waals surface area contributed by atoms with Gasteiger partial charge in [-0.05, 0) is 42.7 Å². The first-order valence-electron chi connectivity index (χ1n) is 10.2. The Balaban J connectivity index is 1.88. The Morgan fingerprint density at radius 2 is 1.78 bits per heavy atom. The van der Waals surface area contributed by atoms with E-state index in [4.69, 9.17) is 19.3 Å². The lowest BCUT2D eigenvalue weighted by Crippen LogP contribution is -2.49. The maximum atomic E-state index is 13.0. The lowest BCUT2D eigenvalue weighted by Gasteiger charge is -2.41. The van der Waals surface area contributed by atoms with Crippen LogP contribution in [0.5, 0.6) is 11.5 Å². The topological polar surface area (TPSA) is 117 Å². The van der Waals surface area contributed by atoms with Crippen molar-refractivity contribution in [3.8, 4) is 11.5 Å². The number of carbonyl (C=O) groups excluding carboxylic acids is 1. The number of hydrogen-bond donors (Lipinski definition) is 1. The third-order valence-electron chi connectivity index (χ3n) is 5.57. The van der Waals surface area contributed by atoms with Crippen molar-refractivity contribution in [3.63, 3.8) is 0 Å². The molecule has 0 aromatic heterocycles. The summed E-state index contributed by atoms with van der Waals surface area (Å²) in [5, 5.41) is 5.00. The summed E-state index contributed by atoms with van der Waals surface area (Å²) in [6, 6.07) is 14.6. The minimum absolute atomic E-state index is 0.320. The summed E-state index contributed by atoms with van der Waals surface area (Å²) in [6.07, 6.45) is 0.641. The van der Waals surface area contributed by atoms with Gasteiger partial charge in [-0.25, -0.2) is 4.79 Å². The van der Waals surface area contributed by atoms with E-state index in [1.54, 1.807) is 31.4 Å². The number of nitrogens with two attached hydrogens (primary N) is 1. The van der Waals surface area contributed by atoms with Gasteiger partial charge < -0.3 is 23.3 Å². The van der Waals surface area contributed by atoms with Crippen molar-refractivity contribution in [2.24, 2.45) is 5.14 Å². The lowest BCUT2D eigenvalue weighted by molar-refractivity contribution is -0.141. The maximum absolute atomic E-state index is 13.0. The molecule has 0 saturated carbocycles. The molecule has 0 spiro atoms. The Morgan fingerprint density at radius 1 is 1.06 bits per heavy atom. The second-order valence-corrected chi connectivity index (χ2v) is 8.63. The highest BCUT2D eigenvalue weighted by Crippen LogP contribution is 2.41. The zero-order valence-electron chi connectivity index (χ0n) is 18.2. The van der Waals surface area contributed by atoms with Crippen LogP contribution in [0.3, 0.4) is 0 Å². The van der Waals surface area contributed by atoms with Crippen LogP contribution in [0.1, 0.15) is 18.4 Å². The molecule has 174 valence electrons. The van der Waals surface area contributed by atoms with Crippen LogP contribution in [0.15, 0.2) is 48.5 Å². The van der Waals surface area contributed by atoms with Gasteiger partial charge in [0.25, 0.3) is 0 Å². The van der Waals surface area contributed by atoms with Gasteiger partial charge in [-0.2, -0.15) is 13.6 Å². The van der Waals surface area contributed by atoms with Gasteiger partial charge in [0, 0.05) is 20.2 Å². The molecule has 0 aliphatic carbocycles. The molecule has 1 fully saturated rings. The average molecular weight is 465 g/mol. The first kappa shape index (κ1) is 23.8. The van der Waals surface area contributed by atoms with Crippen LogP contribution in [0, 0.1) is 0 Å². The van der Waals surface area contributed by atoms with Crippen LogP contribution in [0.25, 0.3) is 0 Å². The van der Waals surface area contributed by atoms with Gasteiger partial charge >= 0.3 is 16.3 Å². The third kappa shape index (κ3) is 5.50. The fourth-order valence-corrected chi connectivity index (χ4v) is 4.29. The Hall–Kier alpha value is -2.82. The van der Waals surface area contributed by atoms with E-state index in [0.29, 0.717) is 56.2 Å². The van der Waals surface area contributed by atoms with Gasteiger partial charge in [0.1, 0.15) is 18.1 Å². The van der Waals surface area contributed by atoms with Crippen LogP contribution < -0.4 is 19.5 Å². The molecule has 9 nitrogen and oxygen atoms in total. The van der Waals surface area contributed by atoms with E-state index in [-0.39, 0.29) is 0 Å². The number of hydrogen-bond acceptors (Lipinski definition) is 8. The molecule has 0 radical (unpaired) electrons. The summed E-state index contributed by atoms with van der Waals surface area (Å²) in [6.45, 7) is 1.83. The fourth-order valence-electron chi connectivity index (χ4n) is 3.92. The lowest BCUT2D eigenvalue weighted by atomic mass is 9.72. The van der Waals surface area contributed by atoms with Gasteiger partial charge in [0.15, 0.2) is 0 Å². The molecule has 1 aliphatic rings. The van der Waals surface area contributed by atoms with Gasteiger partial charge in [0.05, 0.1) is 24.8 Å². The van der Waals surface area contributed by atoms with Gasteiger partial charge in [-0.15, -0.1) is 0 Å². The van der Waals surface area contributed by atoms with Crippen molar-refractivity contribution in [2.45, 2.75) is 18.3 Å². The Bertz CT molecular complexity index is 1030. The zero-order chi connectivity index (χ0) is 23.2. The van der Waals surface area contributed by atoms with Gasteiger partial charge in [-0.1, -0.05) is 24.3 Å². The number of methoxy groups -OCH3 is 2. The second-order valence-electron chi connectivity index (χ2n) is 7.47. The number of rotatable bonds is 9. The summed E-state index contributed by atoms with van der Waals surface area (Å²) < 4.78 is 43.9. The van der Waals surface area contributed by atoms with Crippen LogP contribution in [0.2, 0.25) is 0 Å². The summed E-state index contributed by atoms with van der Waals surface area (Å²) in [4.78, 5) is 15.1. The van der Waals surface area contributed by atoms with E-state index in [0.717, 1.165) is 5.69 Å². The van der Waals surface area contributed by atoms with E-state index in [1.807, 2.05) is 24.3 Å². The molecule has 3 rings (SSSR count). The van der Waals surface area contributed by atoms with Crippen molar-refractivity contribution in [3.05, 3.63) is 54.1 Å². The SMILES string of the molecule is COCCOc1ccccc1N1CCC(C(=O)OS(N)(=O)=O)(c2cccc(OC)c2)CC1. The number of carbonyl (C=O) groups is 1. The second kappa shape index (κ2) is 10.2. The van der Waals surface area contributed by atoms with Crippen LogP contribution in [-0.4, -0.2) is 54.9 Å². The maximum Gasteiger partial charge on any atom is 0.382 e. The highest BCUT2D eigenvalue weighted by Gasteiger charge is 2.46. The molecular weight excluding hydrogens is 436 g/mol. The van der Waals surface area contributed by atoms with E-state index < -0.39 is 21.7 Å². The molecule has 2 aromatic rings. The minimum Gasteiger partial charge on any atom is -0.497 e. The average Bonchev–Trinajstić information content (AvgIpc) is 2.78. The summed E-state index contributed by atoms with van der Waals surface area (Å²) in [5.41, 5.74) is 0.334. The Kier molecular flexibility index (Phi) is 7.60. The van der Waals surface area contributed by atoms with Crippen LogP contribution in [0.4, 0.5) is 5.69 Å². The first-order valence-corrected chi connectivity index (χ1v) is 11.6. The fraction of sp³-hybridized carbons (Fsp3) is 0.409. The molecule has 2 N–H and O–H groups in total. The van der Waals surface area contributed by atoms with Crippen molar-refractivity contribution < 1.29 is 31.6 Å². The molecule has 1 saturated heterocycles. The normalized spacial score (nSPS) is 15.8. The number of ether oxygens (including phenoxy) is 3. The molecule has 2 aromatic carbocycles. The van der Waals surface area contributed by atoms with Crippen molar-refractivity contribution in [1.29, 1.82) is 0 Å². The quantitative estimate of drug-likeness (QED) is 0.560. The van der Waals surface area contributed by atoms with Crippen molar-refractivity contribution in [2.75, 3.05) is 45.4 Å². The van der Waals surface area contributed by atoms with Crippen LogP contribution >= 0.6 is 0 Å². The molecule has 0 bridgehead atoms. The highest BCUT2D eigenvalue weighted by molar-refractivity contribution is 7.84. The van der Waals surface area contributed by atoms with Crippen molar-refractivity contribution in [1.82, 2.24) is 0 Å². The smallest absolute Gasteiger partial charge is 0.382 e. The van der Waals surface area contributed by atoms with E-state index >= 15 is 0 Å². The van der Waals surface area contributed by atoms with E-state index in [1.165, 1.54) is 7.11 Å². The zero-order valence-corrected chi connectivity index (χ0v) is 19.0. The van der Waals surface area contributed by atoms with E-state index in [9.17, 15) is 13.2 Å². The molecular formula is C22H28N2O7S. The van der Waals surface area contributed by atoms with E-state index in [2.05, 4.69) is 9.08 Å². The predicted molar refractivity (Wildman–Crippen MR) is 119 cm³/mol. The van der Waals surface area contributed by atoms with Crippen molar-refractivity contribution >= 4 is 22.0 Å². The predicted octanol–water partition coefficient (Wildman–Crippen LogP) is 2.01. The molecule has 32 heavy (non-hydrogen) atoms. The summed E-state index contributed by atoms with van der Waals surface area (Å²) in [7, 11) is -1.31. The summed E-state index contributed by atoms with van der Waals surface area (Å²) >= 11 is 0. The van der Waals surface area contributed by atoms with Gasteiger partial charge in [0.2, 0.25) is 0 Å². The molecule has 10 heteroatoms. The Morgan fingerprint density at radius 3 is 2.44 bits per heavy atom. The molecule has 0 unspecified atom stereocenters. The Labute approximate surface area is 188 Å². The third-order valence-corrected chi connectivity index (χ3v) is 5.96. The number of nitrogens with zero attached hydrogens (tertiary/aromatic N) is 1. The number of para-hydroxylation sites is 2.